The standard InChI is InChI=1S/C12H22N4O2/c1-4-13-11-10(8(2)3)12(16-7-15-11)14-5-9(18)6-17/h7-9,17-18H,4-6H2,1-3H3,(H2,13,14,15,16). The van der Waals surface area contributed by atoms with E-state index < -0.39 is 6.10 Å². The number of nitrogens with zero attached hydrogens (tertiary/aromatic N) is 2. The summed E-state index contributed by atoms with van der Waals surface area (Å²) in [6, 6.07) is 0. The van der Waals surface area contributed by atoms with E-state index >= 15 is 0 Å². The van der Waals surface area contributed by atoms with E-state index in [-0.39, 0.29) is 19.1 Å². The third kappa shape index (κ3) is 3.82. The zero-order valence-electron chi connectivity index (χ0n) is 11.1. The van der Waals surface area contributed by atoms with E-state index in [1.807, 2.05) is 6.92 Å². The van der Waals surface area contributed by atoms with Gasteiger partial charge in [-0.1, -0.05) is 13.8 Å². The summed E-state index contributed by atoms with van der Waals surface area (Å²) in [4.78, 5) is 8.42. The summed E-state index contributed by atoms with van der Waals surface area (Å²) in [5, 5.41) is 24.4. The van der Waals surface area contributed by atoms with Crippen molar-refractivity contribution in [3.63, 3.8) is 0 Å². The van der Waals surface area contributed by atoms with Crippen molar-refractivity contribution < 1.29 is 10.2 Å². The van der Waals surface area contributed by atoms with Crippen molar-refractivity contribution in [1.29, 1.82) is 0 Å². The van der Waals surface area contributed by atoms with E-state index in [1.165, 1.54) is 6.33 Å². The Kier molecular flexibility index (Phi) is 5.80. The lowest BCUT2D eigenvalue weighted by atomic mass is 10.0. The summed E-state index contributed by atoms with van der Waals surface area (Å²) in [5.41, 5.74) is 0.990. The van der Waals surface area contributed by atoms with Gasteiger partial charge in [-0.3, -0.25) is 0 Å². The molecule has 1 rings (SSSR count). The first-order valence-electron chi connectivity index (χ1n) is 6.21. The number of aliphatic hydroxyl groups excluding tert-OH is 2. The lowest BCUT2D eigenvalue weighted by molar-refractivity contribution is 0.105. The normalized spacial score (nSPS) is 12.6. The summed E-state index contributed by atoms with van der Waals surface area (Å²) in [6.07, 6.45) is 0.694. The van der Waals surface area contributed by atoms with Crippen LogP contribution in [0.4, 0.5) is 11.6 Å². The van der Waals surface area contributed by atoms with Crippen molar-refractivity contribution >= 4 is 11.6 Å². The lowest BCUT2D eigenvalue weighted by Crippen LogP contribution is -2.24. The summed E-state index contributed by atoms with van der Waals surface area (Å²) in [7, 11) is 0. The fourth-order valence-electron chi connectivity index (χ4n) is 1.67. The zero-order chi connectivity index (χ0) is 13.5. The van der Waals surface area contributed by atoms with Crippen molar-refractivity contribution in [3.8, 4) is 0 Å². The third-order valence-corrected chi connectivity index (χ3v) is 2.52. The predicted octanol–water partition coefficient (Wildman–Crippen LogP) is 0.797. The van der Waals surface area contributed by atoms with E-state index in [2.05, 4.69) is 34.4 Å². The van der Waals surface area contributed by atoms with Gasteiger partial charge in [0.05, 0.1) is 12.7 Å². The van der Waals surface area contributed by atoms with Crippen LogP contribution in [-0.4, -0.2) is 46.0 Å². The summed E-state index contributed by atoms with van der Waals surface area (Å²) >= 11 is 0. The number of aliphatic hydroxyl groups is 2. The maximum atomic E-state index is 9.35. The van der Waals surface area contributed by atoms with Gasteiger partial charge in [-0.15, -0.1) is 0 Å². The molecule has 0 saturated heterocycles. The molecule has 0 fully saturated rings. The van der Waals surface area contributed by atoms with Crippen LogP contribution in [0.25, 0.3) is 0 Å². The van der Waals surface area contributed by atoms with Gasteiger partial charge < -0.3 is 20.8 Å². The Morgan fingerprint density at radius 1 is 1.22 bits per heavy atom. The van der Waals surface area contributed by atoms with E-state index in [1.54, 1.807) is 0 Å². The molecule has 6 heteroatoms. The number of hydrogen-bond acceptors (Lipinski definition) is 6. The Morgan fingerprint density at radius 2 is 1.83 bits per heavy atom. The van der Waals surface area contributed by atoms with Crippen LogP contribution < -0.4 is 10.6 Å². The van der Waals surface area contributed by atoms with Crippen LogP contribution in [0.3, 0.4) is 0 Å². The predicted molar refractivity (Wildman–Crippen MR) is 71.9 cm³/mol. The molecule has 1 aromatic rings. The van der Waals surface area contributed by atoms with Crippen LogP contribution in [0.1, 0.15) is 32.3 Å². The molecular weight excluding hydrogens is 232 g/mol. The van der Waals surface area contributed by atoms with Crippen molar-refractivity contribution in [2.75, 3.05) is 30.3 Å². The highest BCUT2D eigenvalue weighted by Gasteiger charge is 2.15. The second-order valence-corrected chi connectivity index (χ2v) is 4.39. The smallest absolute Gasteiger partial charge is 0.135 e. The fourth-order valence-corrected chi connectivity index (χ4v) is 1.67. The molecule has 102 valence electrons. The van der Waals surface area contributed by atoms with Gasteiger partial charge in [-0.2, -0.15) is 0 Å². The number of anilines is 2. The Bertz CT molecular complexity index is 371. The first kappa shape index (κ1) is 14.7. The molecule has 0 aliphatic heterocycles. The third-order valence-electron chi connectivity index (χ3n) is 2.52. The molecule has 0 amide bonds. The van der Waals surface area contributed by atoms with Crippen LogP contribution >= 0.6 is 0 Å². The Hall–Kier alpha value is -1.40. The molecule has 0 aromatic carbocycles. The van der Waals surface area contributed by atoms with Gasteiger partial charge in [0.15, 0.2) is 0 Å². The Morgan fingerprint density at radius 3 is 2.33 bits per heavy atom. The summed E-state index contributed by atoms with van der Waals surface area (Å²) in [5.74, 6) is 1.76. The minimum absolute atomic E-state index is 0.258. The SMILES string of the molecule is CCNc1ncnc(NCC(O)CO)c1C(C)C. The summed E-state index contributed by atoms with van der Waals surface area (Å²) < 4.78 is 0. The van der Waals surface area contributed by atoms with Crippen molar-refractivity contribution in [2.24, 2.45) is 0 Å². The van der Waals surface area contributed by atoms with Crippen LogP contribution in [0.2, 0.25) is 0 Å². The van der Waals surface area contributed by atoms with Crippen LogP contribution in [0.15, 0.2) is 6.33 Å². The number of rotatable bonds is 7. The monoisotopic (exact) mass is 254 g/mol. The minimum Gasteiger partial charge on any atom is -0.394 e. The Balaban J connectivity index is 2.92. The maximum Gasteiger partial charge on any atom is 0.135 e. The fraction of sp³-hybridized carbons (Fsp3) is 0.667. The van der Waals surface area contributed by atoms with E-state index in [4.69, 9.17) is 5.11 Å². The van der Waals surface area contributed by atoms with Crippen molar-refractivity contribution in [2.45, 2.75) is 32.8 Å². The van der Waals surface area contributed by atoms with E-state index in [9.17, 15) is 5.11 Å². The zero-order valence-corrected chi connectivity index (χ0v) is 11.1. The minimum atomic E-state index is -0.789. The van der Waals surface area contributed by atoms with Gasteiger partial charge in [0.25, 0.3) is 0 Å². The van der Waals surface area contributed by atoms with Crippen molar-refractivity contribution in [1.82, 2.24) is 9.97 Å². The highest BCUT2D eigenvalue weighted by molar-refractivity contribution is 5.58. The van der Waals surface area contributed by atoms with Gasteiger partial charge in [0.2, 0.25) is 0 Å². The molecule has 0 aliphatic rings. The quantitative estimate of drug-likeness (QED) is 0.575. The second-order valence-electron chi connectivity index (χ2n) is 4.39. The van der Waals surface area contributed by atoms with Crippen molar-refractivity contribution in [3.05, 3.63) is 11.9 Å². The average Bonchev–Trinajstić information content (AvgIpc) is 2.36. The van der Waals surface area contributed by atoms with Crippen LogP contribution in [0, 0.1) is 0 Å². The van der Waals surface area contributed by atoms with Gasteiger partial charge >= 0.3 is 0 Å². The first-order valence-corrected chi connectivity index (χ1v) is 6.21. The van der Waals surface area contributed by atoms with Gasteiger partial charge in [0.1, 0.15) is 18.0 Å². The number of nitrogens with one attached hydrogen (secondary N) is 2. The van der Waals surface area contributed by atoms with Gasteiger partial charge in [-0.05, 0) is 12.8 Å². The molecule has 0 bridgehead atoms. The van der Waals surface area contributed by atoms with E-state index in [0.29, 0.717) is 5.82 Å². The van der Waals surface area contributed by atoms with Gasteiger partial charge in [-0.25, -0.2) is 9.97 Å². The molecule has 0 aliphatic carbocycles. The molecule has 1 aromatic heterocycles. The highest BCUT2D eigenvalue weighted by Crippen LogP contribution is 2.28. The largest absolute Gasteiger partial charge is 0.394 e. The molecular formula is C12H22N4O2. The topological polar surface area (TPSA) is 90.3 Å². The molecule has 0 radical (unpaired) electrons. The molecule has 4 N–H and O–H groups in total. The molecule has 18 heavy (non-hydrogen) atoms. The first-order chi connectivity index (χ1) is 8.60. The Labute approximate surface area is 107 Å². The average molecular weight is 254 g/mol. The molecule has 1 unspecified atom stereocenters. The van der Waals surface area contributed by atoms with Crippen LogP contribution in [0.5, 0.6) is 0 Å². The molecule has 6 nitrogen and oxygen atoms in total. The summed E-state index contributed by atoms with van der Waals surface area (Å²) in [6.45, 7) is 6.92. The number of hydrogen-bond donors (Lipinski definition) is 4. The van der Waals surface area contributed by atoms with E-state index in [0.717, 1.165) is 17.9 Å². The highest BCUT2D eigenvalue weighted by atomic mass is 16.3. The molecule has 0 saturated carbocycles. The molecule has 0 spiro atoms. The van der Waals surface area contributed by atoms with Crippen LogP contribution in [-0.2, 0) is 0 Å². The van der Waals surface area contributed by atoms with Gasteiger partial charge in [0, 0.05) is 18.7 Å². The molecule has 1 atom stereocenters. The molecule has 1 heterocycles. The lowest BCUT2D eigenvalue weighted by Gasteiger charge is -2.18. The maximum absolute atomic E-state index is 9.35. The number of aromatic nitrogens is 2. The second kappa shape index (κ2) is 7.13.